The molecule has 17 heavy (non-hydrogen) atoms. The third-order valence-corrected chi connectivity index (χ3v) is 2.48. The van der Waals surface area contributed by atoms with Gasteiger partial charge in [0.1, 0.15) is 5.15 Å². The van der Waals surface area contributed by atoms with E-state index < -0.39 is 0 Å². The van der Waals surface area contributed by atoms with Gasteiger partial charge in [-0.3, -0.25) is 9.48 Å². The summed E-state index contributed by atoms with van der Waals surface area (Å²) in [6.45, 7) is 1.78. The lowest BCUT2D eigenvalue weighted by atomic mass is 10.3. The smallest absolute Gasteiger partial charge is 0.258 e. The van der Waals surface area contributed by atoms with Crippen LogP contribution in [0.25, 0.3) is 0 Å². The van der Waals surface area contributed by atoms with E-state index in [-0.39, 0.29) is 5.91 Å². The quantitative estimate of drug-likeness (QED) is 0.830. The molecule has 0 atom stereocenters. The molecule has 1 N–H and O–H groups in total. The Morgan fingerprint density at radius 2 is 2.24 bits per heavy atom. The van der Waals surface area contributed by atoms with Gasteiger partial charge in [-0.25, -0.2) is 4.98 Å². The average Bonchev–Trinajstić information content (AvgIpc) is 2.69. The highest BCUT2D eigenvalue weighted by molar-refractivity contribution is 6.29. The number of carbonyl (C=O) groups is 1. The maximum absolute atomic E-state index is 11.8. The molecule has 2 rings (SSSR count). The van der Waals surface area contributed by atoms with Gasteiger partial charge in [-0.1, -0.05) is 11.6 Å². The average molecular weight is 251 g/mol. The molecule has 88 valence electrons. The fourth-order valence-electron chi connectivity index (χ4n) is 1.40. The summed E-state index contributed by atoms with van der Waals surface area (Å²) in [5.41, 5.74) is 1.82. The van der Waals surface area contributed by atoms with Gasteiger partial charge in [0, 0.05) is 13.2 Å². The Hall–Kier alpha value is -1.88. The van der Waals surface area contributed by atoms with Crippen molar-refractivity contribution in [3.8, 4) is 0 Å². The molecule has 0 saturated carbocycles. The normalized spacial score (nSPS) is 10.3. The van der Waals surface area contributed by atoms with E-state index in [9.17, 15) is 4.79 Å². The summed E-state index contributed by atoms with van der Waals surface area (Å²) in [5, 5.41) is 7.09. The standard InChI is InChI=1S/C11H11ClN4O/c1-7-9(3-4-10(12)14-7)15-11(17)8-5-13-16(2)6-8/h3-6H,1-2H3,(H,15,17). The number of aromatic nitrogens is 3. The lowest BCUT2D eigenvalue weighted by Crippen LogP contribution is -2.12. The molecule has 0 aromatic carbocycles. The Labute approximate surface area is 103 Å². The van der Waals surface area contributed by atoms with Crippen LogP contribution in [0, 0.1) is 6.92 Å². The van der Waals surface area contributed by atoms with Crippen LogP contribution in [0.15, 0.2) is 24.5 Å². The molecule has 0 fully saturated rings. The molecule has 0 radical (unpaired) electrons. The molecule has 2 aromatic heterocycles. The molecular weight excluding hydrogens is 240 g/mol. The summed E-state index contributed by atoms with van der Waals surface area (Å²) in [6, 6.07) is 3.35. The highest BCUT2D eigenvalue weighted by atomic mass is 35.5. The first-order chi connectivity index (χ1) is 8.06. The summed E-state index contributed by atoms with van der Waals surface area (Å²) < 4.78 is 1.57. The van der Waals surface area contributed by atoms with Crippen molar-refractivity contribution >= 4 is 23.2 Å². The number of carbonyl (C=O) groups excluding carboxylic acids is 1. The Balaban J connectivity index is 2.18. The van der Waals surface area contributed by atoms with Crippen LogP contribution >= 0.6 is 11.6 Å². The van der Waals surface area contributed by atoms with E-state index >= 15 is 0 Å². The molecular formula is C11H11ClN4O. The summed E-state index contributed by atoms with van der Waals surface area (Å²) in [6.07, 6.45) is 3.15. The third kappa shape index (κ3) is 2.62. The first-order valence-electron chi connectivity index (χ1n) is 4.99. The molecule has 6 heteroatoms. The van der Waals surface area contributed by atoms with Crippen LogP contribution in [0.4, 0.5) is 5.69 Å². The van der Waals surface area contributed by atoms with Crippen LogP contribution in [-0.2, 0) is 7.05 Å². The number of nitrogens with one attached hydrogen (secondary N) is 1. The van der Waals surface area contributed by atoms with Crippen molar-refractivity contribution in [3.05, 3.63) is 40.9 Å². The van der Waals surface area contributed by atoms with Gasteiger partial charge < -0.3 is 5.32 Å². The second kappa shape index (κ2) is 4.55. The maximum atomic E-state index is 11.8. The van der Waals surface area contributed by atoms with E-state index in [1.165, 1.54) is 6.20 Å². The van der Waals surface area contributed by atoms with Crippen LogP contribution in [0.1, 0.15) is 16.1 Å². The molecule has 0 spiro atoms. The lowest BCUT2D eigenvalue weighted by Gasteiger charge is -2.06. The van der Waals surface area contributed by atoms with Gasteiger partial charge >= 0.3 is 0 Å². The fourth-order valence-corrected chi connectivity index (χ4v) is 1.59. The maximum Gasteiger partial charge on any atom is 0.258 e. The second-order valence-corrected chi connectivity index (χ2v) is 4.01. The molecule has 1 amide bonds. The Kier molecular flexibility index (Phi) is 3.10. The Morgan fingerprint density at radius 1 is 1.47 bits per heavy atom. The summed E-state index contributed by atoms with van der Waals surface area (Å²) >= 11 is 5.74. The number of nitrogens with zero attached hydrogens (tertiary/aromatic N) is 3. The molecule has 0 saturated heterocycles. The number of hydrogen-bond donors (Lipinski definition) is 1. The van der Waals surface area contributed by atoms with E-state index in [1.807, 2.05) is 0 Å². The molecule has 2 heterocycles. The monoisotopic (exact) mass is 250 g/mol. The van der Waals surface area contributed by atoms with Crippen molar-refractivity contribution in [3.63, 3.8) is 0 Å². The van der Waals surface area contributed by atoms with Crippen molar-refractivity contribution in [2.24, 2.45) is 7.05 Å². The molecule has 0 unspecified atom stereocenters. The van der Waals surface area contributed by atoms with Gasteiger partial charge in [-0.2, -0.15) is 5.10 Å². The number of halogens is 1. The highest BCUT2D eigenvalue weighted by Crippen LogP contribution is 2.16. The summed E-state index contributed by atoms with van der Waals surface area (Å²) in [5.74, 6) is -0.217. The predicted molar refractivity (Wildman–Crippen MR) is 65.1 cm³/mol. The molecule has 0 aliphatic heterocycles. The highest BCUT2D eigenvalue weighted by Gasteiger charge is 2.10. The first kappa shape index (κ1) is 11.6. The van der Waals surface area contributed by atoms with E-state index in [4.69, 9.17) is 11.6 Å². The Bertz CT molecular complexity index is 564. The lowest BCUT2D eigenvalue weighted by molar-refractivity contribution is 0.102. The van der Waals surface area contributed by atoms with Gasteiger partial charge in [0.2, 0.25) is 0 Å². The van der Waals surface area contributed by atoms with Crippen LogP contribution < -0.4 is 5.32 Å². The van der Waals surface area contributed by atoms with Crippen molar-refractivity contribution in [2.75, 3.05) is 5.32 Å². The number of hydrogen-bond acceptors (Lipinski definition) is 3. The SMILES string of the molecule is Cc1nc(Cl)ccc1NC(=O)c1cnn(C)c1. The van der Waals surface area contributed by atoms with Gasteiger partial charge in [-0.15, -0.1) is 0 Å². The zero-order valence-electron chi connectivity index (χ0n) is 9.44. The largest absolute Gasteiger partial charge is 0.320 e. The van der Waals surface area contributed by atoms with Crippen molar-refractivity contribution in [2.45, 2.75) is 6.92 Å². The van der Waals surface area contributed by atoms with Gasteiger partial charge in [0.15, 0.2) is 0 Å². The Morgan fingerprint density at radius 3 is 2.82 bits per heavy atom. The topological polar surface area (TPSA) is 59.8 Å². The number of pyridine rings is 1. The fraction of sp³-hybridized carbons (Fsp3) is 0.182. The molecule has 2 aromatic rings. The van der Waals surface area contributed by atoms with Gasteiger partial charge in [-0.05, 0) is 19.1 Å². The van der Waals surface area contributed by atoms with Gasteiger partial charge in [0.25, 0.3) is 5.91 Å². The molecule has 0 aliphatic rings. The van der Waals surface area contributed by atoms with Crippen molar-refractivity contribution in [1.29, 1.82) is 0 Å². The zero-order valence-corrected chi connectivity index (χ0v) is 10.2. The number of aryl methyl sites for hydroxylation is 2. The number of rotatable bonds is 2. The molecule has 0 aliphatic carbocycles. The predicted octanol–water partition coefficient (Wildman–Crippen LogP) is 2.03. The molecule has 5 nitrogen and oxygen atoms in total. The van der Waals surface area contributed by atoms with E-state index in [1.54, 1.807) is 37.0 Å². The van der Waals surface area contributed by atoms with E-state index in [0.29, 0.717) is 22.1 Å². The minimum atomic E-state index is -0.217. The number of amides is 1. The van der Waals surface area contributed by atoms with E-state index in [0.717, 1.165) is 0 Å². The van der Waals surface area contributed by atoms with Crippen LogP contribution in [0.2, 0.25) is 5.15 Å². The number of anilines is 1. The van der Waals surface area contributed by atoms with Crippen LogP contribution in [0.5, 0.6) is 0 Å². The second-order valence-electron chi connectivity index (χ2n) is 3.62. The zero-order chi connectivity index (χ0) is 12.4. The van der Waals surface area contributed by atoms with Crippen LogP contribution in [-0.4, -0.2) is 20.7 Å². The minimum absolute atomic E-state index is 0.217. The van der Waals surface area contributed by atoms with Crippen molar-refractivity contribution in [1.82, 2.24) is 14.8 Å². The first-order valence-corrected chi connectivity index (χ1v) is 5.37. The van der Waals surface area contributed by atoms with Crippen LogP contribution in [0.3, 0.4) is 0 Å². The third-order valence-electron chi connectivity index (χ3n) is 2.27. The molecule has 0 bridgehead atoms. The van der Waals surface area contributed by atoms with E-state index in [2.05, 4.69) is 15.4 Å². The summed E-state index contributed by atoms with van der Waals surface area (Å²) in [7, 11) is 1.76. The minimum Gasteiger partial charge on any atom is -0.320 e. The van der Waals surface area contributed by atoms with Gasteiger partial charge in [0.05, 0.1) is 23.1 Å². The summed E-state index contributed by atoms with van der Waals surface area (Å²) in [4.78, 5) is 15.9. The van der Waals surface area contributed by atoms with Crippen molar-refractivity contribution < 1.29 is 4.79 Å².